The molecule has 0 amide bonds. The van der Waals surface area contributed by atoms with Crippen molar-refractivity contribution >= 4 is 15.9 Å². The molecule has 2 nitrogen and oxygen atoms in total. The van der Waals surface area contributed by atoms with Gasteiger partial charge in [0.15, 0.2) is 0 Å². The van der Waals surface area contributed by atoms with Gasteiger partial charge in [-0.15, -0.1) is 0 Å². The molecule has 17 heavy (non-hydrogen) atoms. The second-order valence-corrected chi connectivity index (χ2v) is 6.02. The van der Waals surface area contributed by atoms with Crippen LogP contribution in [0.25, 0.3) is 0 Å². The molecule has 1 saturated heterocycles. The number of hydrogen-bond acceptors (Lipinski definition) is 2. The van der Waals surface area contributed by atoms with Crippen molar-refractivity contribution in [2.45, 2.75) is 31.4 Å². The van der Waals surface area contributed by atoms with Gasteiger partial charge in [-0.05, 0) is 38.1 Å². The number of benzene rings is 1. The molecule has 0 bridgehead atoms. The molecule has 2 atom stereocenters. The summed E-state index contributed by atoms with van der Waals surface area (Å²) in [7, 11) is 1.99. The molecule has 0 aliphatic carbocycles. The van der Waals surface area contributed by atoms with Gasteiger partial charge in [0.05, 0.1) is 5.60 Å². The molecule has 1 aliphatic heterocycles. The van der Waals surface area contributed by atoms with Crippen LogP contribution in [0.1, 0.15) is 18.9 Å². The number of aliphatic hydroxyl groups is 1. The number of halogens is 2. The van der Waals surface area contributed by atoms with Crippen molar-refractivity contribution < 1.29 is 9.50 Å². The molecule has 1 aromatic rings. The Morgan fingerprint density at radius 2 is 2.29 bits per heavy atom. The van der Waals surface area contributed by atoms with Gasteiger partial charge in [-0.25, -0.2) is 4.39 Å². The average molecular weight is 302 g/mol. The van der Waals surface area contributed by atoms with Crippen molar-refractivity contribution in [1.82, 2.24) is 4.90 Å². The van der Waals surface area contributed by atoms with E-state index in [2.05, 4.69) is 27.8 Å². The van der Waals surface area contributed by atoms with E-state index < -0.39 is 5.60 Å². The van der Waals surface area contributed by atoms with Crippen molar-refractivity contribution in [3.8, 4) is 0 Å². The predicted molar refractivity (Wildman–Crippen MR) is 69.5 cm³/mol. The van der Waals surface area contributed by atoms with Crippen LogP contribution >= 0.6 is 15.9 Å². The Morgan fingerprint density at radius 3 is 2.82 bits per heavy atom. The molecule has 2 rings (SSSR count). The second-order valence-electron chi connectivity index (χ2n) is 5.11. The first-order valence-corrected chi connectivity index (χ1v) is 6.55. The Kier molecular flexibility index (Phi) is 3.57. The minimum absolute atomic E-state index is 0.255. The molecule has 0 spiro atoms. The van der Waals surface area contributed by atoms with Gasteiger partial charge in [0.25, 0.3) is 0 Å². The van der Waals surface area contributed by atoms with Crippen molar-refractivity contribution in [2.24, 2.45) is 0 Å². The Balaban J connectivity index is 2.16. The Morgan fingerprint density at radius 1 is 1.59 bits per heavy atom. The SMILES string of the molecule is CC1CC(O)(Cc2ccc(Br)cc2F)CN1C. The molecule has 0 saturated carbocycles. The third-order valence-corrected chi connectivity index (χ3v) is 4.00. The molecule has 1 aromatic carbocycles. The highest BCUT2D eigenvalue weighted by molar-refractivity contribution is 9.10. The van der Waals surface area contributed by atoms with Crippen LogP contribution in [0.3, 0.4) is 0 Å². The maximum atomic E-state index is 13.7. The van der Waals surface area contributed by atoms with Gasteiger partial charge in [-0.1, -0.05) is 22.0 Å². The fraction of sp³-hybridized carbons (Fsp3) is 0.538. The van der Waals surface area contributed by atoms with Crippen LogP contribution in [0, 0.1) is 5.82 Å². The summed E-state index contributed by atoms with van der Waals surface area (Å²) >= 11 is 3.23. The van der Waals surface area contributed by atoms with E-state index in [9.17, 15) is 9.50 Å². The quantitative estimate of drug-likeness (QED) is 0.907. The Hall–Kier alpha value is -0.450. The minimum Gasteiger partial charge on any atom is -0.388 e. The van der Waals surface area contributed by atoms with Crippen molar-refractivity contribution in [2.75, 3.05) is 13.6 Å². The van der Waals surface area contributed by atoms with Gasteiger partial charge in [0.1, 0.15) is 5.82 Å². The summed E-state index contributed by atoms with van der Waals surface area (Å²) in [6.07, 6.45) is 1.07. The van der Waals surface area contributed by atoms with Crippen LogP contribution in [0.5, 0.6) is 0 Å². The molecule has 0 radical (unpaired) electrons. The van der Waals surface area contributed by atoms with Gasteiger partial charge in [-0.3, -0.25) is 0 Å². The van der Waals surface area contributed by atoms with Crippen LogP contribution in [0.2, 0.25) is 0 Å². The third kappa shape index (κ3) is 2.87. The molecule has 2 unspecified atom stereocenters. The molecular weight excluding hydrogens is 285 g/mol. The maximum Gasteiger partial charge on any atom is 0.127 e. The van der Waals surface area contributed by atoms with Crippen molar-refractivity contribution in [3.63, 3.8) is 0 Å². The molecular formula is C13H17BrFNO. The maximum absolute atomic E-state index is 13.7. The van der Waals surface area contributed by atoms with Crippen molar-refractivity contribution in [1.29, 1.82) is 0 Å². The number of rotatable bonds is 2. The Bertz CT molecular complexity index is 414. The first-order valence-electron chi connectivity index (χ1n) is 5.76. The van der Waals surface area contributed by atoms with Gasteiger partial charge in [-0.2, -0.15) is 0 Å². The van der Waals surface area contributed by atoms with Crippen molar-refractivity contribution in [3.05, 3.63) is 34.1 Å². The van der Waals surface area contributed by atoms with Crippen LogP contribution in [-0.4, -0.2) is 35.2 Å². The van der Waals surface area contributed by atoms with Gasteiger partial charge < -0.3 is 10.0 Å². The zero-order chi connectivity index (χ0) is 12.6. The Labute approximate surface area is 110 Å². The van der Waals surface area contributed by atoms with E-state index >= 15 is 0 Å². The molecule has 0 aromatic heterocycles. The van der Waals surface area contributed by atoms with Gasteiger partial charge in [0, 0.05) is 23.5 Å². The average Bonchev–Trinajstić information content (AvgIpc) is 2.46. The van der Waals surface area contributed by atoms with E-state index in [4.69, 9.17) is 0 Å². The summed E-state index contributed by atoms with van der Waals surface area (Å²) in [5.74, 6) is -0.255. The van der Waals surface area contributed by atoms with Crippen LogP contribution in [0.15, 0.2) is 22.7 Å². The minimum atomic E-state index is -0.803. The number of hydrogen-bond donors (Lipinski definition) is 1. The fourth-order valence-electron chi connectivity index (χ4n) is 2.54. The van der Waals surface area contributed by atoms with Crippen LogP contribution in [0.4, 0.5) is 4.39 Å². The van der Waals surface area contributed by atoms with E-state index in [1.165, 1.54) is 6.07 Å². The second kappa shape index (κ2) is 4.67. The van der Waals surface area contributed by atoms with E-state index in [-0.39, 0.29) is 5.82 Å². The summed E-state index contributed by atoms with van der Waals surface area (Å²) in [5.41, 5.74) is -0.221. The first-order chi connectivity index (χ1) is 7.89. The molecule has 4 heteroatoms. The lowest BCUT2D eigenvalue weighted by Crippen LogP contribution is -2.34. The zero-order valence-electron chi connectivity index (χ0n) is 10.1. The fourth-order valence-corrected chi connectivity index (χ4v) is 2.87. The summed E-state index contributed by atoms with van der Waals surface area (Å²) in [5, 5.41) is 10.5. The lowest BCUT2D eigenvalue weighted by atomic mass is 9.92. The highest BCUT2D eigenvalue weighted by Crippen LogP contribution is 2.30. The number of nitrogens with zero attached hydrogens (tertiary/aromatic N) is 1. The normalized spacial score (nSPS) is 29.8. The smallest absolute Gasteiger partial charge is 0.127 e. The standard InChI is InChI=1S/C13H17BrFNO/c1-9-6-13(17,8-16(9)2)7-10-3-4-11(14)5-12(10)15/h3-5,9,17H,6-8H2,1-2H3. The topological polar surface area (TPSA) is 23.5 Å². The summed E-state index contributed by atoms with van der Waals surface area (Å²) < 4.78 is 14.4. The first kappa shape index (κ1) is 13.0. The van der Waals surface area contributed by atoms with E-state index in [0.29, 0.717) is 31.0 Å². The largest absolute Gasteiger partial charge is 0.388 e. The summed E-state index contributed by atoms with van der Waals surface area (Å²) in [4.78, 5) is 2.11. The lowest BCUT2D eigenvalue weighted by molar-refractivity contribution is 0.0512. The van der Waals surface area contributed by atoms with E-state index in [1.807, 2.05) is 13.1 Å². The van der Waals surface area contributed by atoms with E-state index in [0.717, 1.165) is 4.47 Å². The monoisotopic (exact) mass is 301 g/mol. The molecule has 1 aliphatic rings. The highest BCUT2D eigenvalue weighted by Gasteiger charge is 2.39. The summed E-state index contributed by atoms with van der Waals surface area (Å²) in [6.45, 7) is 2.68. The summed E-state index contributed by atoms with van der Waals surface area (Å²) in [6, 6.07) is 5.34. The number of likely N-dealkylation sites (N-methyl/N-ethyl adjacent to an activating group) is 1. The van der Waals surface area contributed by atoms with Gasteiger partial charge in [0.2, 0.25) is 0 Å². The molecule has 1 heterocycles. The zero-order valence-corrected chi connectivity index (χ0v) is 11.7. The predicted octanol–water partition coefficient (Wildman–Crippen LogP) is 2.59. The number of likely N-dealkylation sites (tertiary alicyclic amines) is 1. The molecule has 1 fully saturated rings. The molecule has 94 valence electrons. The van der Waals surface area contributed by atoms with E-state index in [1.54, 1.807) is 6.07 Å². The molecule has 1 N–H and O–H groups in total. The van der Waals surface area contributed by atoms with Crippen LogP contribution in [-0.2, 0) is 6.42 Å². The third-order valence-electron chi connectivity index (χ3n) is 3.51. The highest BCUT2D eigenvalue weighted by atomic mass is 79.9. The lowest BCUT2D eigenvalue weighted by Gasteiger charge is -2.22. The number of β-amino-alcohol motifs (C(OH)–C–C–N with tert-alkyl or cyclic N) is 1. The van der Waals surface area contributed by atoms with Crippen LogP contribution < -0.4 is 0 Å². The van der Waals surface area contributed by atoms with Gasteiger partial charge >= 0.3 is 0 Å².